The molecule has 1 aliphatic rings. The molecule has 0 fully saturated rings. The van der Waals surface area contributed by atoms with E-state index in [0.717, 1.165) is 37.9 Å². The number of nitrogens with two attached hydrogens (primary N) is 1. The molecule has 1 aliphatic heterocycles. The van der Waals surface area contributed by atoms with Crippen molar-refractivity contribution in [3.05, 3.63) is 29.3 Å². The Hall–Kier alpha value is -1.02. The van der Waals surface area contributed by atoms with Gasteiger partial charge in [0.2, 0.25) is 0 Å². The van der Waals surface area contributed by atoms with Gasteiger partial charge in [-0.3, -0.25) is 0 Å². The van der Waals surface area contributed by atoms with Crippen LogP contribution in [-0.4, -0.2) is 5.60 Å². The van der Waals surface area contributed by atoms with Crippen molar-refractivity contribution in [3.63, 3.8) is 0 Å². The van der Waals surface area contributed by atoms with Gasteiger partial charge in [-0.15, -0.1) is 0 Å². The van der Waals surface area contributed by atoms with E-state index in [0.29, 0.717) is 0 Å². The summed E-state index contributed by atoms with van der Waals surface area (Å²) < 4.78 is 6.35. The topological polar surface area (TPSA) is 35.2 Å². The average Bonchev–Trinajstić information content (AvgIpc) is 2.31. The van der Waals surface area contributed by atoms with Crippen LogP contribution in [0.4, 0.5) is 0 Å². The van der Waals surface area contributed by atoms with Crippen molar-refractivity contribution < 1.29 is 4.74 Å². The molecule has 0 aliphatic carbocycles. The van der Waals surface area contributed by atoms with Crippen molar-refractivity contribution in [2.45, 2.75) is 64.5 Å². The number of hydrogen-bond acceptors (Lipinski definition) is 2. The molecule has 100 valence electrons. The fourth-order valence-corrected chi connectivity index (χ4v) is 3.18. The fraction of sp³-hybridized carbons (Fsp3) is 0.625. The highest BCUT2D eigenvalue weighted by Gasteiger charge is 2.38. The second-order valence-corrected chi connectivity index (χ2v) is 5.64. The van der Waals surface area contributed by atoms with Crippen molar-refractivity contribution in [2.75, 3.05) is 0 Å². The molecule has 0 saturated carbocycles. The SMILES string of the molecule is CCCC1(CCC)C[C@H](N)c2cc(C)ccc2O1. The lowest BCUT2D eigenvalue weighted by Crippen LogP contribution is -2.42. The smallest absolute Gasteiger partial charge is 0.124 e. The third-order valence-electron chi connectivity index (χ3n) is 3.89. The molecule has 0 aromatic heterocycles. The van der Waals surface area contributed by atoms with Gasteiger partial charge in [-0.1, -0.05) is 44.4 Å². The summed E-state index contributed by atoms with van der Waals surface area (Å²) >= 11 is 0. The first-order chi connectivity index (χ1) is 8.60. The third kappa shape index (κ3) is 2.54. The molecule has 2 heteroatoms. The normalized spacial score (nSPS) is 21.2. The van der Waals surface area contributed by atoms with Crippen LogP contribution in [0.3, 0.4) is 0 Å². The van der Waals surface area contributed by atoms with Crippen LogP contribution in [0.5, 0.6) is 5.75 Å². The standard InChI is InChI=1S/C16H25NO/c1-4-8-16(9-5-2)11-14(17)13-10-12(3)6-7-15(13)18-16/h6-7,10,14H,4-5,8-9,11,17H2,1-3H3/t14-/m0/s1. The minimum atomic E-state index is -0.0365. The molecule has 0 unspecified atom stereocenters. The van der Waals surface area contributed by atoms with E-state index < -0.39 is 0 Å². The maximum atomic E-state index is 6.37. The molecular weight excluding hydrogens is 222 g/mol. The Kier molecular flexibility index (Phi) is 3.96. The van der Waals surface area contributed by atoms with Crippen molar-refractivity contribution in [1.29, 1.82) is 0 Å². The summed E-state index contributed by atoms with van der Waals surface area (Å²) in [5.41, 5.74) is 8.77. The zero-order valence-electron chi connectivity index (χ0n) is 11.8. The highest BCUT2D eigenvalue weighted by Crippen LogP contribution is 2.43. The summed E-state index contributed by atoms with van der Waals surface area (Å²) in [7, 11) is 0. The Bertz CT molecular complexity index is 408. The van der Waals surface area contributed by atoms with Crippen molar-refractivity contribution in [2.24, 2.45) is 5.73 Å². The molecule has 2 rings (SSSR count). The van der Waals surface area contributed by atoms with E-state index in [9.17, 15) is 0 Å². The monoisotopic (exact) mass is 247 g/mol. The van der Waals surface area contributed by atoms with Crippen LogP contribution in [-0.2, 0) is 0 Å². The van der Waals surface area contributed by atoms with E-state index >= 15 is 0 Å². The van der Waals surface area contributed by atoms with E-state index in [1.165, 1.54) is 11.1 Å². The lowest BCUT2D eigenvalue weighted by atomic mass is 9.81. The summed E-state index contributed by atoms with van der Waals surface area (Å²) in [4.78, 5) is 0. The maximum absolute atomic E-state index is 6.37. The van der Waals surface area contributed by atoms with Gasteiger partial charge in [0.25, 0.3) is 0 Å². The molecule has 0 saturated heterocycles. The largest absolute Gasteiger partial charge is 0.487 e. The number of hydrogen-bond donors (Lipinski definition) is 1. The van der Waals surface area contributed by atoms with Crippen LogP contribution >= 0.6 is 0 Å². The predicted octanol–water partition coefficient (Wildman–Crippen LogP) is 4.12. The number of fused-ring (bicyclic) bond motifs is 1. The highest BCUT2D eigenvalue weighted by molar-refractivity contribution is 5.41. The Morgan fingerprint density at radius 3 is 2.56 bits per heavy atom. The van der Waals surface area contributed by atoms with E-state index in [1.54, 1.807) is 0 Å². The molecule has 1 heterocycles. The van der Waals surface area contributed by atoms with Gasteiger partial charge >= 0.3 is 0 Å². The van der Waals surface area contributed by atoms with Crippen LogP contribution in [0.2, 0.25) is 0 Å². The second-order valence-electron chi connectivity index (χ2n) is 5.64. The summed E-state index contributed by atoms with van der Waals surface area (Å²) in [6.07, 6.45) is 5.44. The van der Waals surface area contributed by atoms with Crippen molar-refractivity contribution >= 4 is 0 Å². The quantitative estimate of drug-likeness (QED) is 0.868. The van der Waals surface area contributed by atoms with Crippen LogP contribution in [0.1, 0.15) is 63.1 Å². The zero-order valence-corrected chi connectivity index (χ0v) is 11.8. The molecule has 0 spiro atoms. The van der Waals surface area contributed by atoms with Gasteiger partial charge in [0.05, 0.1) is 0 Å². The van der Waals surface area contributed by atoms with Crippen molar-refractivity contribution in [1.82, 2.24) is 0 Å². The molecule has 1 atom stereocenters. The molecule has 0 radical (unpaired) electrons. The van der Waals surface area contributed by atoms with Gasteiger partial charge in [0.1, 0.15) is 11.4 Å². The first kappa shape index (κ1) is 13.4. The second kappa shape index (κ2) is 5.31. The summed E-state index contributed by atoms with van der Waals surface area (Å²) in [5.74, 6) is 1.00. The molecule has 0 amide bonds. The average molecular weight is 247 g/mol. The van der Waals surface area contributed by atoms with Gasteiger partial charge in [-0.25, -0.2) is 0 Å². The molecular formula is C16H25NO. The van der Waals surface area contributed by atoms with Gasteiger partial charge in [0.15, 0.2) is 0 Å². The minimum absolute atomic E-state index is 0.0365. The number of ether oxygens (including phenoxy) is 1. The number of rotatable bonds is 4. The number of aryl methyl sites for hydroxylation is 1. The van der Waals surface area contributed by atoms with Gasteiger partial charge in [-0.05, 0) is 25.8 Å². The Labute approximate surface area is 111 Å². The lowest BCUT2D eigenvalue weighted by molar-refractivity contribution is 0.0179. The minimum Gasteiger partial charge on any atom is -0.487 e. The molecule has 2 N–H and O–H groups in total. The van der Waals surface area contributed by atoms with Crippen LogP contribution < -0.4 is 10.5 Å². The van der Waals surface area contributed by atoms with Gasteiger partial charge in [-0.2, -0.15) is 0 Å². The summed E-state index contributed by atoms with van der Waals surface area (Å²) in [5, 5.41) is 0. The van der Waals surface area contributed by atoms with Crippen molar-refractivity contribution in [3.8, 4) is 5.75 Å². The Balaban J connectivity index is 2.32. The lowest BCUT2D eigenvalue weighted by Gasteiger charge is -2.41. The van der Waals surface area contributed by atoms with E-state index in [1.807, 2.05) is 0 Å². The molecule has 0 bridgehead atoms. The van der Waals surface area contributed by atoms with E-state index in [4.69, 9.17) is 10.5 Å². The first-order valence-corrected chi connectivity index (χ1v) is 7.15. The Morgan fingerprint density at radius 1 is 1.28 bits per heavy atom. The van der Waals surface area contributed by atoms with Crippen LogP contribution in [0.25, 0.3) is 0 Å². The van der Waals surface area contributed by atoms with Crippen LogP contribution in [0.15, 0.2) is 18.2 Å². The molecule has 2 nitrogen and oxygen atoms in total. The Morgan fingerprint density at radius 2 is 1.94 bits per heavy atom. The molecule has 1 aromatic carbocycles. The number of benzene rings is 1. The van der Waals surface area contributed by atoms with E-state index in [-0.39, 0.29) is 11.6 Å². The third-order valence-corrected chi connectivity index (χ3v) is 3.89. The zero-order chi connectivity index (χ0) is 13.2. The first-order valence-electron chi connectivity index (χ1n) is 7.15. The predicted molar refractivity (Wildman–Crippen MR) is 75.9 cm³/mol. The summed E-state index contributed by atoms with van der Waals surface area (Å²) in [6, 6.07) is 6.48. The van der Waals surface area contributed by atoms with Crippen LogP contribution in [0, 0.1) is 6.92 Å². The molecule has 18 heavy (non-hydrogen) atoms. The highest BCUT2D eigenvalue weighted by atomic mass is 16.5. The summed E-state index contributed by atoms with van der Waals surface area (Å²) in [6.45, 7) is 6.54. The molecule has 1 aromatic rings. The van der Waals surface area contributed by atoms with Gasteiger partial charge in [0, 0.05) is 18.0 Å². The maximum Gasteiger partial charge on any atom is 0.124 e. The fourth-order valence-electron chi connectivity index (χ4n) is 3.18. The van der Waals surface area contributed by atoms with E-state index in [2.05, 4.69) is 39.0 Å². The van der Waals surface area contributed by atoms with Gasteiger partial charge < -0.3 is 10.5 Å².